The first-order chi connectivity index (χ1) is 7.44. The highest BCUT2D eigenvalue weighted by Gasteiger charge is 2.11. The molecular formula is C9H16ClN3O2S. The zero-order valence-corrected chi connectivity index (χ0v) is 11.0. The zero-order valence-electron chi connectivity index (χ0n) is 9.43. The van der Waals surface area contributed by atoms with E-state index in [0.717, 1.165) is 0 Å². The fourth-order valence-corrected chi connectivity index (χ4v) is 2.64. The number of nitrogens with zero attached hydrogens (tertiary/aromatic N) is 3. The maximum atomic E-state index is 11.5. The van der Waals surface area contributed by atoms with Crippen LogP contribution in [0, 0.1) is 0 Å². The van der Waals surface area contributed by atoms with Crippen molar-refractivity contribution in [2.24, 2.45) is 0 Å². The van der Waals surface area contributed by atoms with Gasteiger partial charge in [-0.05, 0) is 13.3 Å². The minimum absolute atomic E-state index is 0.0975. The molecule has 0 bridgehead atoms. The molecule has 0 amide bonds. The molecule has 92 valence electrons. The Hall–Kier alpha value is -0.620. The highest BCUT2D eigenvalue weighted by Crippen LogP contribution is 2.15. The Kier molecular flexibility index (Phi) is 4.73. The monoisotopic (exact) mass is 265 g/mol. The number of aromatic nitrogens is 3. The van der Waals surface area contributed by atoms with Crippen molar-refractivity contribution in [1.29, 1.82) is 0 Å². The maximum Gasteiger partial charge on any atom is 0.152 e. The van der Waals surface area contributed by atoms with Gasteiger partial charge in [-0.25, -0.2) is 8.42 Å². The second kappa shape index (κ2) is 5.63. The summed E-state index contributed by atoms with van der Waals surface area (Å²) in [4.78, 5) is 0. The number of aryl methyl sites for hydroxylation is 1. The van der Waals surface area contributed by atoms with Crippen LogP contribution in [0.25, 0.3) is 0 Å². The number of hydrogen-bond donors (Lipinski definition) is 0. The Labute approximate surface area is 101 Å². The van der Waals surface area contributed by atoms with Gasteiger partial charge in [-0.2, -0.15) is 0 Å². The molecule has 1 unspecified atom stereocenters. The van der Waals surface area contributed by atoms with Crippen LogP contribution in [0.5, 0.6) is 0 Å². The quantitative estimate of drug-likeness (QED) is 0.730. The Morgan fingerprint density at radius 2 is 2.19 bits per heavy atom. The first-order valence-electron chi connectivity index (χ1n) is 5.19. The fraction of sp³-hybridized carbons (Fsp3) is 0.778. The summed E-state index contributed by atoms with van der Waals surface area (Å²) in [5.74, 6) is 0.320. The van der Waals surface area contributed by atoms with Crippen LogP contribution >= 0.6 is 11.6 Å². The van der Waals surface area contributed by atoms with Crippen LogP contribution in [0.4, 0.5) is 0 Å². The summed E-state index contributed by atoms with van der Waals surface area (Å²) in [6, 6.07) is 0. The Balaban J connectivity index is 2.55. The lowest BCUT2D eigenvalue weighted by Gasteiger charge is -2.01. The number of alkyl halides is 1. The minimum Gasteiger partial charge on any atom is -0.251 e. The van der Waals surface area contributed by atoms with Gasteiger partial charge in [-0.3, -0.25) is 4.68 Å². The van der Waals surface area contributed by atoms with Gasteiger partial charge in [-0.15, -0.1) is 16.7 Å². The lowest BCUT2D eigenvalue weighted by Crippen LogP contribution is -2.16. The third-order valence-electron chi connectivity index (χ3n) is 2.11. The predicted molar refractivity (Wildman–Crippen MR) is 63.2 cm³/mol. The van der Waals surface area contributed by atoms with Crippen LogP contribution in [0.2, 0.25) is 0 Å². The van der Waals surface area contributed by atoms with Crippen LogP contribution in [0.15, 0.2) is 6.20 Å². The minimum atomic E-state index is -2.96. The maximum absolute atomic E-state index is 11.5. The van der Waals surface area contributed by atoms with Gasteiger partial charge < -0.3 is 0 Å². The molecule has 0 spiro atoms. The van der Waals surface area contributed by atoms with Crippen molar-refractivity contribution in [2.75, 3.05) is 11.5 Å². The third-order valence-corrected chi connectivity index (χ3v) is 4.17. The van der Waals surface area contributed by atoms with Crippen molar-refractivity contribution in [3.05, 3.63) is 11.9 Å². The standard InChI is InChI=1S/C9H16ClN3O2S/c1-3-5-16(14,15)6-4-13-7-9(8(2)10)11-12-13/h7-8H,3-6H2,1-2H3. The molecule has 5 nitrogen and oxygen atoms in total. The molecule has 1 aromatic rings. The van der Waals surface area contributed by atoms with Gasteiger partial charge in [-0.1, -0.05) is 12.1 Å². The summed E-state index contributed by atoms with van der Waals surface area (Å²) in [7, 11) is -2.96. The van der Waals surface area contributed by atoms with Crippen molar-refractivity contribution in [3.63, 3.8) is 0 Å². The summed E-state index contributed by atoms with van der Waals surface area (Å²) < 4.78 is 24.4. The lowest BCUT2D eigenvalue weighted by molar-refractivity contribution is 0.574. The van der Waals surface area contributed by atoms with Crippen molar-refractivity contribution >= 4 is 21.4 Å². The molecule has 0 saturated heterocycles. The molecular weight excluding hydrogens is 250 g/mol. The average molecular weight is 266 g/mol. The van der Waals surface area contributed by atoms with E-state index in [4.69, 9.17) is 11.6 Å². The fourth-order valence-electron chi connectivity index (χ4n) is 1.25. The van der Waals surface area contributed by atoms with Gasteiger partial charge >= 0.3 is 0 Å². The van der Waals surface area contributed by atoms with Gasteiger partial charge in [0.2, 0.25) is 0 Å². The van der Waals surface area contributed by atoms with E-state index in [1.54, 1.807) is 13.1 Å². The molecule has 16 heavy (non-hydrogen) atoms. The Morgan fingerprint density at radius 1 is 1.50 bits per heavy atom. The molecule has 7 heteroatoms. The van der Waals surface area contributed by atoms with E-state index in [1.807, 2.05) is 6.92 Å². The first-order valence-corrected chi connectivity index (χ1v) is 7.45. The molecule has 1 rings (SSSR count). The molecule has 1 heterocycles. The van der Waals surface area contributed by atoms with E-state index in [2.05, 4.69) is 10.3 Å². The summed E-state index contributed by atoms with van der Waals surface area (Å²) in [6.45, 7) is 3.98. The Morgan fingerprint density at radius 3 is 2.69 bits per heavy atom. The van der Waals surface area contributed by atoms with Crippen LogP contribution in [-0.2, 0) is 16.4 Å². The van der Waals surface area contributed by atoms with Crippen molar-refractivity contribution in [3.8, 4) is 0 Å². The van der Waals surface area contributed by atoms with Crippen molar-refractivity contribution in [1.82, 2.24) is 15.0 Å². The largest absolute Gasteiger partial charge is 0.251 e. The molecule has 0 aromatic carbocycles. The number of hydrogen-bond acceptors (Lipinski definition) is 4. The van der Waals surface area contributed by atoms with Crippen LogP contribution in [0.1, 0.15) is 31.3 Å². The van der Waals surface area contributed by atoms with Crippen LogP contribution in [0.3, 0.4) is 0 Å². The summed E-state index contributed by atoms with van der Waals surface area (Å²) in [5.41, 5.74) is 0.662. The van der Waals surface area contributed by atoms with E-state index < -0.39 is 9.84 Å². The normalized spacial score (nSPS) is 13.9. The van der Waals surface area contributed by atoms with Gasteiger partial charge in [0, 0.05) is 11.9 Å². The Bertz CT molecular complexity index is 428. The molecule has 0 N–H and O–H groups in total. The van der Waals surface area contributed by atoms with Gasteiger partial charge in [0.1, 0.15) is 5.69 Å². The van der Waals surface area contributed by atoms with E-state index >= 15 is 0 Å². The van der Waals surface area contributed by atoms with Gasteiger partial charge in [0.15, 0.2) is 9.84 Å². The van der Waals surface area contributed by atoms with E-state index in [-0.39, 0.29) is 16.9 Å². The molecule has 0 fully saturated rings. The molecule has 1 atom stereocenters. The van der Waals surface area contributed by atoms with Gasteiger partial charge in [0.05, 0.1) is 17.7 Å². The molecule has 0 aliphatic carbocycles. The number of sulfone groups is 1. The van der Waals surface area contributed by atoms with E-state index in [1.165, 1.54) is 4.68 Å². The molecule has 0 radical (unpaired) electrons. The molecule has 0 aliphatic rings. The third kappa shape index (κ3) is 4.09. The first kappa shape index (κ1) is 13.4. The smallest absolute Gasteiger partial charge is 0.152 e. The molecule has 0 aliphatic heterocycles. The summed E-state index contributed by atoms with van der Waals surface area (Å²) in [5, 5.41) is 7.46. The SMILES string of the molecule is CCCS(=O)(=O)CCn1cc(C(C)Cl)nn1. The molecule has 0 saturated carbocycles. The summed E-state index contributed by atoms with van der Waals surface area (Å²) >= 11 is 5.82. The second-order valence-electron chi connectivity index (χ2n) is 3.67. The van der Waals surface area contributed by atoms with E-state index in [9.17, 15) is 8.42 Å². The highest BCUT2D eigenvalue weighted by atomic mass is 35.5. The molecule has 1 aromatic heterocycles. The van der Waals surface area contributed by atoms with Gasteiger partial charge in [0.25, 0.3) is 0 Å². The predicted octanol–water partition coefficient (Wildman–Crippen LogP) is 1.40. The average Bonchev–Trinajstić information content (AvgIpc) is 2.63. The van der Waals surface area contributed by atoms with E-state index in [0.29, 0.717) is 18.7 Å². The van der Waals surface area contributed by atoms with Crippen molar-refractivity contribution < 1.29 is 8.42 Å². The highest BCUT2D eigenvalue weighted by molar-refractivity contribution is 7.91. The number of rotatable bonds is 6. The van der Waals surface area contributed by atoms with Crippen LogP contribution < -0.4 is 0 Å². The second-order valence-corrected chi connectivity index (χ2v) is 6.63. The topological polar surface area (TPSA) is 64.8 Å². The van der Waals surface area contributed by atoms with Crippen molar-refractivity contribution in [2.45, 2.75) is 32.2 Å². The lowest BCUT2D eigenvalue weighted by atomic mass is 10.4. The zero-order chi connectivity index (χ0) is 12.2. The summed E-state index contributed by atoms with van der Waals surface area (Å²) in [6.07, 6.45) is 2.32. The van der Waals surface area contributed by atoms with Crippen LogP contribution in [-0.4, -0.2) is 34.9 Å². The number of halogens is 1.